The van der Waals surface area contributed by atoms with E-state index in [4.69, 9.17) is 0 Å². The van der Waals surface area contributed by atoms with Crippen molar-refractivity contribution in [2.45, 2.75) is 39.2 Å². The van der Waals surface area contributed by atoms with Gasteiger partial charge in [-0.15, -0.1) is 0 Å². The molecule has 1 saturated heterocycles. The average Bonchev–Trinajstić information content (AvgIpc) is 2.47. The van der Waals surface area contributed by atoms with E-state index in [0.717, 1.165) is 43.6 Å². The van der Waals surface area contributed by atoms with Crippen LogP contribution in [0.1, 0.15) is 43.7 Å². The molecule has 0 saturated carbocycles. The number of nitro groups is 1. The summed E-state index contributed by atoms with van der Waals surface area (Å²) in [4.78, 5) is 13.2. The first kappa shape index (κ1) is 15.9. The van der Waals surface area contributed by atoms with E-state index in [-0.39, 0.29) is 23.1 Å². The van der Waals surface area contributed by atoms with Crippen LogP contribution >= 0.6 is 0 Å². The van der Waals surface area contributed by atoms with Gasteiger partial charge in [0.1, 0.15) is 0 Å². The van der Waals surface area contributed by atoms with Crippen molar-refractivity contribution < 1.29 is 10.0 Å². The van der Waals surface area contributed by atoms with E-state index in [1.807, 2.05) is 26.0 Å². The third-order valence-corrected chi connectivity index (χ3v) is 4.18. The molecular weight excluding hydrogens is 268 g/mol. The highest BCUT2D eigenvalue weighted by atomic mass is 16.6. The number of aliphatic hydroxyl groups is 1. The van der Waals surface area contributed by atoms with Crippen LogP contribution in [-0.2, 0) is 6.54 Å². The molecule has 1 aliphatic rings. The molecule has 1 aromatic carbocycles. The molecule has 0 bridgehead atoms. The molecule has 1 fully saturated rings. The maximum Gasteiger partial charge on any atom is 0.273 e. The third kappa shape index (κ3) is 4.02. The van der Waals surface area contributed by atoms with E-state index in [9.17, 15) is 15.2 Å². The zero-order valence-electron chi connectivity index (χ0n) is 12.8. The lowest BCUT2D eigenvalue weighted by atomic mass is 9.97. The Morgan fingerprint density at radius 2 is 2.24 bits per heavy atom. The molecule has 1 aliphatic heterocycles. The minimum atomic E-state index is -0.286. The molecule has 2 rings (SSSR count). The highest BCUT2D eigenvalue weighted by Gasteiger charge is 2.21. The molecular formula is C16H24N2O3. The number of hydrogen-bond donors (Lipinski definition) is 1. The summed E-state index contributed by atoms with van der Waals surface area (Å²) in [5.74, 6) is 0.483. The maximum absolute atomic E-state index is 11.2. The quantitative estimate of drug-likeness (QED) is 0.669. The molecule has 5 heteroatoms. The summed E-state index contributed by atoms with van der Waals surface area (Å²) in [6.45, 7) is 6.75. The van der Waals surface area contributed by atoms with Crippen LogP contribution in [0.15, 0.2) is 18.2 Å². The van der Waals surface area contributed by atoms with Gasteiger partial charge >= 0.3 is 0 Å². The van der Waals surface area contributed by atoms with Crippen molar-refractivity contribution >= 4 is 5.69 Å². The number of rotatable bonds is 5. The van der Waals surface area contributed by atoms with Crippen molar-refractivity contribution in [3.63, 3.8) is 0 Å². The minimum Gasteiger partial charge on any atom is -0.396 e. The van der Waals surface area contributed by atoms with E-state index in [1.165, 1.54) is 0 Å². The van der Waals surface area contributed by atoms with E-state index >= 15 is 0 Å². The monoisotopic (exact) mass is 292 g/mol. The van der Waals surface area contributed by atoms with E-state index in [1.54, 1.807) is 6.07 Å². The van der Waals surface area contributed by atoms with Crippen LogP contribution in [-0.4, -0.2) is 34.6 Å². The number of aliphatic hydroxyl groups excluding tert-OH is 1. The lowest BCUT2D eigenvalue weighted by Crippen LogP contribution is -2.36. The molecule has 5 nitrogen and oxygen atoms in total. The van der Waals surface area contributed by atoms with Gasteiger partial charge in [-0.2, -0.15) is 0 Å². The SMILES string of the molecule is CC(C)c1ccc(CN2CCCC(CO)C2)cc1[N+](=O)[O-]. The number of nitrogens with zero attached hydrogens (tertiary/aromatic N) is 2. The molecule has 1 unspecified atom stereocenters. The Kier molecular flexibility index (Phi) is 5.31. The average molecular weight is 292 g/mol. The van der Waals surface area contributed by atoms with Gasteiger partial charge in [0.15, 0.2) is 0 Å². The van der Waals surface area contributed by atoms with Crippen LogP contribution in [0.5, 0.6) is 0 Å². The van der Waals surface area contributed by atoms with Crippen molar-refractivity contribution in [2.24, 2.45) is 5.92 Å². The van der Waals surface area contributed by atoms with Gasteiger partial charge in [-0.05, 0) is 36.8 Å². The van der Waals surface area contributed by atoms with Crippen molar-refractivity contribution in [1.29, 1.82) is 0 Å². The Labute approximate surface area is 125 Å². The highest BCUT2D eigenvalue weighted by molar-refractivity contribution is 5.45. The van der Waals surface area contributed by atoms with Crippen LogP contribution in [0.25, 0.3) is 0 Å². The summed E-state index contributed by atoms with van der Waals surface area (Å²) < 4.78 is 0. The first-order valence-corrected chi connectivity index (χ1v) is 7.61. The molecule has 0 spiro atoms. The zero-order chi connectivity index (χ0) is 15.4. The van der Waals surface area contributed by atoms with Gasteiger partial charge < -0.3 is 5.11 Å². The second-order valence-corrected chi connectivity index (χ2v) is 6.23. The number of hydrogen-bond acceptors (Lipinski definition) is 4. The molecule has 1 aromatic rings. The molecule has 21 heavy (non-hydrogen) atoms. The summed E-state index contributed by atoms with van der Waals surface area (Å²) in [7, 11) is 0. The predicted octanol–water partition coefficient (Wildman–Crippen LogP) is 2.92. The second-order valence-electron chi connectivity index (χ2n) is 6.23. The maximum atomic E-state index is 11.2. The van der Waals surface area contributed by atoms with Crippen molar-refractivity contribution in [3.05, 3.63) is 39.4 Å². The molecule has 116 valence electrons. The highest BCUT2D eigenvalue weighted by Crippen LogP contribution is 2.28. The molecule has 0 aromatic heterocycles. The number of likely N-dealkylation sites (tertiary alicyclic amines) is 1. The Hall–Kier alpha value is -1.46. The molecule has 0 radical (unpaired) electrons. The van der Waals surface area contributed by atoms with Crippen molar-refractivity contribution in [2.75, 3.05) is 19.7 Å². The largest absolute Gasteiger partial charge is 0.396 e. The van der Waals surface area contributed by atoms with E-state index < -0.39 is 0 Å². The predicted molar refractivity (Wildman–Crippen MR) is 82.3 cm³/mol. The minimum absolute atomic E-state index is 0.146. The van der Waals surface area contributed by atoms with Gasteiger partial charge in [0.05, 0.1) is 4.92 Å². The van der Waals surface area contributed by atoms with Crippen LogP contribution in [0.3, 0.4) is 0 Å². The van der Waals surface area contributed by atoms with Gasteiger partial charge in [-0.3, -0.25) is 15.0 Å². The fourth-order valence-corrected chi connectivity index (χ4v) is 3.04. The number of nitro benzene ring substituents is 1. The van der Waals surface area contributed by atoms with Crippen LogP contribution in [0.4, 0.5) is 5.69 Å². The van der Waals surface area contributed by atoms with Gasteiger partial charge in [0.25, 0.3) is 5.69 Å². The number of piperidine rings is 1. The van der Waals surface area contributed by atoms with Gasteiger partial charge in [0.2, 0.25) is 0 Å². The fourth-order valence-electron chi connectivity index (χ4n) is 3.04. The van der Waals surface area contributed by atoms with Crippen LogP contribution < -0.4 is 0 Å². The number of benzene rings is 1. The van der Waals surface area contributed by atoms with Gasteiger partial charge in [-0.25, -0.2) is 0 Å². The van der Waals surface area contributed by atoms with E-state index in [0.29, 0.717) is 5.92 Å². The van der Waals surface area contributed by atoms with Crippen LogP contribution in [0.2, 0.25) is 0 Å². The summed E-state index contributed by atoms with van der Waals surface area (Å²) in [5, 5.41) is 20.5. The smallest absolute Gasteiger partial charge is 0.273 e. The third-order valence-electron chi connectivity index (χ3n) is 4.18. The fraction of sp³-hybridized carbons (Fsp3) is 0.625. The Morgan fingerprint density at radius 3 is 2.86 bits per heavy atom. The van der Waals surface area contributed by atoms with Crippen molar-refractivity contribution in [1.82, 2.24) is 4.90 Å². The summed E-state index contributed by atoms with van der Waals surface area (Å²) in [5.41, 5.74) is 1.98. The Balaban J connectivity index is 2.13. The molecule has 1 atom stereocenters. The normalized spacial score (nSPS) is 19.9. The van der Waals surface area contributed by atoms with Gasteiger partial charge in [-0.1, -0.05) is 26.0 Å². The lowest BCUT2D eigenvalue weighted by Gasteiger charge is -2.31. The molecule has 0 aliphatic carbocycles. The topological polar surface area (TPSA) is 66.6 Å². The Morgan fingerprint density at radius 1 is 1.48 bits per heavy atom. The lowest BCUT2D eigenvalue weighted by molar-refractivity contribution is -0.385. The van der Waals surface area contributed by atoms with Crippen LogP contribution in [0, 0.1) is 16.0 Å². The zero-order valence-corrected chi connectivity index (χ0v) is 12.8. The van der Waals surface area contributed by atoms with E-state index in [2.05, 4.69) is 4.90 Å². The summed E-state index contributed by atoms with van der Waals surface area (Å²) in [6.07, 6.45) is 2.15. The Bertz CT molecular complexity index is 502. The first-order valence-electron chi connectivity index (χ1n) is 7.61. The van der Waals surface area contributed by atoms with Gasteiger partial charge in [0, 0.05) is 31.3 Å². The summed E-state index contributed by atoms with van der Waals surface area (Å²) >= 11 is 0. The van der Waals surface area contributed by atoms with Crippen molar-refractivity contribution in [3.8, 4) is 0 Å². The molecule has 1 N–H and O–H groups in total. The molecule has 1 heterocycles. The standard InChI is InChI=1S/C16H24N2O3/c1-12(2)15-6-5-13(8-16(15)18(20)21)9-17-7-3-4-14(10-17)11-19/h5-6,8,12,14,19H,3-4,7,9-11H2,1-2H3. The first-order chi connectivity index (χ1) is 10.0. The molecule has 0 amide bonds. The second kappa shape index (κ2) is 7.00. The summed E-state index contributed by atoms with van der Waals surface area (Å²) in [6, 6.07) is 5.58.